The van der Waals surface area contributed by atoms with E-state index < -0.39 is 6.09 Å². The first-order chi connectivity index (χ1) is 16.6. The Hall–Kier alpha value is -3.63. The lowest BCUT2D eigenvalue weighted by molar-refractivity contribution is 0.168. The second-order valence-electron chi connectivity index (χ2n) is 7.99. The van der Waals surface area contributed by atoms with Crippen LogP contribution in [0.5, 0.6) is 0 Å². The summed E-state index contributed by atoms with van der Waals surface area (Å²) in [5, 5.41) is 4.61. The molecule has 5 heteroatoms. The van der Waals surface area contributed by atoms with Gasteiger partial charge in [0.1, 0.15) is 0 Å². The van der Waals surface area contributed by atoms with E-state index in [0.29, 0.717) is 18.1 Å². The second-order valence-corrected chi connectivity index (χ2v) is 8.43. The van der Waals surface area contributed by atoms with Crippen molar-refractivity contribution < 1.29 is 9.53 Å². The van der Waals surface area contributed by atoms with E-state index >= 15 is 0 Å². The van der Waals surface area contributed by atoms with E-state index in [1.54, 1.807) is 6.92 Å². The Labute approximate surface area is 205 Å². The van der Waals surface area contributed by atoms with Gasteiger partial charge in [-0.25, -0.2) is 4.79 Å². The van der Waals surface area contributed by atoms with Gasteiger partial charge in [-0.05, 0) is 67.1 Å². The Bertz CT molecular complexity index is 1320. The number of aryl methyl sites for hydroxylation is 2. The van der Waals surface area contributed by atoms with Crippen molar-refractivity contribution in [3.8, 4) is 0 Å². The molecular weight excluding hydrogens is 444 g/mol. The number of halogens is 1. The lowest BCUT2D eigenvalue weighted by Crippen LogP contribution is -2.14. The summed E-state index contributed by atoms with van der Waals surface area (Å²) < 4.78 is 4.99. The van der Waals surface area contributed by atoms with Crippen molar-refractivity contribution in [2.45, 2.75) is 26.2 Å². The molecule has 172 valence electrons. The van der Waals surface area contributed by atoms with Gasteiger partial charge in [0.25, 0.3) is 0 Å². The van der Waals surface area contributed by atoms with Gasteiger partial charge in [0.2, 0.25) is 0 Å². The molecule has 3 aromatic carbocycles. The summed E-state index contributed by atoms with van der Waals surface area (Å²) in [4.78, 5) is 16.5. The monoisotopic (exact) mass is 470 g/mol. The smallest absolute Gasteiger partial charge is 0.411 e. The highest BCUT2D eigenvalue weighted by atomic mass is 35.5. The fraction of sp³-hybridized carbons (Fsp3) is 0.172. The maximum absolute atomic E-state index is 11.8. The van der Waals surface area contributed by atoms with Crippen LogP contribution in [0.3, 0.4) is 0 Å². The van der Waals surface area contributed by atoms with Crippen LogP contribution < -0.4 is 5.32 Å². The molecule has 0 atom stereocenters. The Morgan fingerprint density at radius 3 is 2.74 bits per heavy atom. The largest absolute Gasteiger partial charge is 0.450 e. The summed E-state index contributed by atoms with van der Waals surface area (Å²) in [6.07, 6.45) is 6.27. The van der Waals surface area contributed by atoms with Gasteiger partial charge in [0.15, 0.2) is 0 Å². The molecule has 34 heavy (non-hydrogen) atoms. The molecule has 1 aromatic heterocycles. The lowest BCUT2D eigenvalue weighted by atomic mass is 10.0. The van der Waals surface area contributed by atoms with Gasteiger partial charge in [-0.1, -0.05) is 78.4 Å². The first kappa shape index (κ1) is 23.5. The molecule has 4 aromatic rings. The van der Waals surface area contributed by atoms with Crippen LogP contribution in [0.4, 0.5) is 10.5 Å². The topological polar surface area (TPSA) is 51.2 Å². The van der Waals surface area contributed by atoms with Crippen molar-refractivity contribution in [3.05, 3.63) is 112 Å². The summed E-state index contributed by atoms with van der Waals surface area (Å²) in [6, 6.07) is 26.3. The number of aromatic nitrogens is 1. The molecule has 4 rings (SSSR count). The number of benzene rings is 3. The van der Waals surface area contributed by atoms with E-state index in [1.807, 2.05) is 42.5 Å². The molecule has 0 saturated heterocycles. The third-order valence-corrected chi connectivity index (χ3v) is 5.75. The van der Waals surface area contributed by atoms with Gasteiger partial charge in [-0.3, -0.25) is 10.3 Å². The number of para-hydroxylation sites is 1. The van der Waals surface area contributed by atoms with E-state index in [2.05, 4.69) is 53.9 Å². The summed E-state index contributed by atoms with van der Waals surface area (Å²) in [5.41, 5.74) is 6.20. The van der Waals surface area contributed by atoms with Gasteiger partial charge in [0, 0.05) is 21.8 Å². The van der Waals surface area contributed by atoms with E-state index in [0.717, 1.165) is 46.3 Å². The van der Waals surface area contributed by atoms with E-state index in [-0.39, 0.29) is 0 Å². The Morgan fingerprint density at radius 1 is 1.00 bits per heavy atom. The summed E-state index contributed by atoms with van der Waals surface area (Å²) in [6.45, 7) is 2.13. The number of carbonyl (C=O) groups excluding carboxylic acids is 1. The summed E-state index contributed by atoms with van der Waals surface area (Å²) >= 11 is 6.12. The van der Waals surface area contributed by atoms with Crippen molar-refractivity contribution in [2.24, 2.45) is 0 Å². The number of ether oxygens (including phenoxy) is 1. The van der Waals surface area contributed by atoms with Crippen molar-refractivity contribution in [1.29, 1.82) is 0 Å². The number of rotatable bonds is 8. The van der Waals surface area contributed by atoms with Crippen LogP contribution in [-0.4, -0.2) is 17.7 Å². The van der Waals surface area contributed by atoms with Gasteiger partial charge >= 0.3 is 6.09 Å². The zero-order valence-corrected chi connectivity index (χ0v) is 19.9. The molecule has 0 spiro atoms. The van der Waals surface area contributed by atoms with Crippen LogP contribution in [-0.2, 0) is 24.0 Å². The summed E-state index contributed by atoms with van der Waals surface area (Å²) in [7, 11) is 0. The molecule has 0 radical (unpaired) electrons. The number of amides is 1. The molecule has 0 aliphatic carbocycles. The molecule has 1 amide bonds. The molecule has 0 aliphatic heterocycles. The van der Waals surface area contributed by atoms with Crippen molar-refractivity contribution >= 4 is 40.4 Å². The fourth-order valence-electron chi connectivity index (χ4n) is 3.82. The SMILES string of the molecule is CCOC(=O)Nc1ccccc1CC=Cc1cccc(CCc2ccc3ccc(Cl)cc3n2)c1. The Morgan fingerprint density at radius 2 is 1.85 bits per heavy atom. The molecule has 0 fully saturated rings. The first-order valence-electron chi connectivity index (χ1n) is 11.4. The third kappa shape index (κ3) is 6.46. The Kier molecular flexibility index (Phi) is 7.95. The van der Waals surface area contributed by atoms with Crippen LogP contribution in [0.2, 0.25) is 5.02 Å². The predicted molar refractivity (Wildman–Crippen MR) is 140 cm³/mol. The number of hydrogen-bond donors (Lipinski definition) is 1. The second kappa shape index (κ2) is 11.5. The highest BCUT2D eigenvalue weighted by Gasteiger charge is 2.06. The van der Waals surface area contributed by atoms with Crippen LogP contribution in [0, 0.1) is 0 Å². The van der Waals surface area contributed by atoms with Crippen LogP contribution in [0.25, 0.3) is 17.0 Å². The van der Waals surface area contributed by atoms with Crippen molar-refractivity contribution in [2.75, 3.05) is 11.9 Å². The third-order valence-electron chi connectivity index (χ3n) is 5.51. The first-order valence-corrected chi connectivity index (χ1v) is 11.8. The molecule has 1 N–H and O–H groups in total. The van der Waals surface area contributed by atoms with E-state index in [1.165, 1.54) is 5.56 Å². The molecular formula is C29H27ClN2O2. The number of hydrogen-bond acceptors (Lipinski definition) is 3. The predicted octanol–water partition coefficient (Wildman–Crippen LogP) is 7.50. The minimum Gasteiger partial charge on any atom is -0.450 e. The van der Waals surface area contributed by atoms with Crippen LogP contribution in [0.1, 0.15) is 29.3 Å². The van der Waals surface area contributed by atoms with Crippen LogP contribution in [0.15, 0.2) is 84.9 Å². The molecule has 1 heterocycles. The highest BCUT2D eigenvalue weighted by Crippen LogP contribution is 2.20. The number of fused-ring (bicyclic) bond motifs is 1. The fourth-order valence-corrected chi connectivity index (χ4v) is 3.98. The lowest BCUT2D eigenvalue weighted by Gasteiger charge is -2.09. The van der Waals surface area contributed by atoms with Crippen LogP contribution >= 0.6 is 11.6 Å². The molecule has 0 bridgehead atoms. The number of pyridine rings is 1. The molecule has 4 nitrogen and oxygen atoms in total. The highest BCUT2D eigenvalue weighted by molar-refractivity contribution is 6.31. The quantitative estimate of drug-likeness (QED) is 0.290. The number of anilines is 1. The number of nitrogens with zero attached hydrogens (tertiary/aromatic N) is 1. The van der Waals surface area contributed by atoms with Crippen molar-refractivity contribution in [1.82, 2.24) is 4.98 Å². The molecule has 0 saturated carbocycles. The van der Waals surface area contributed by atoms with Gasteiger partial charge < -0.3 is 4.74 Å². The molecule has 0 unspecified atom stereocenters. The minimum atomic E-state index is -0.435. The number of carbonyl (C=O) groups is 1. The maximum atomic E-state index is 11.8. The summed E-state index contributed by atoms with van der Waals surface area (Å²) in [5.74, 6) is 0. The Balaban J connectivity index is 1.38. The average molecular weight is 471 g/mol. The van der Waals surface area contributed by atoms with Crippen molar-refractivity contribution in [3.63, 3.8) is 0 Å². The zero-order valence-electron chi connectivity index (χ0n) is 19.1. The average Bonchev–Trinajstić information content (AvgIpc) is 2.84. The normalized spacial score (nSPS) is 11.1. The number of allylic oxidation sites excluding steroid dienone is 1. The van der Waals surface area contributed by atoms with Gasteiger partial charge in [0.05, 0.1) is 12.1 Å². The van der Waals surface area contributed by atoms with Gasteiger partial charge in [-0.15, -0.1) is 0 Å². The van der Waals surface area contributed by atoms with E-state index in [9.17, 15) is 4.79 Å². The maximum Gasteiger partial charge on any atom is 0.411 e. The standard InChI is InChI=1S/C29H27ClN2O2/c1-2-34-29(33)32-27-12-4-3-10-23(27)11-6-9-21-7-5-8-22(19-21)13-17-26-18-15-24-14-16-25(30)20-28(24)31-26/h3-10,12,14-16,18-20H,2,11,13,17H2,1H3,(H,32,33). The number of nitrogens with one attached hydrogen (secondary N) is 1. The van der Waals surface area contributed by atoms with Gasteiger partial charge in [-0.2, -0.15) is 0 Å². The molecule has 0 aliphatic rings. The minimum absolute atomic E-state index is 0.343. The zero-order chi connectivity index (χ0) is 23.8. The van der Waals surface area contributed by atoms with E-state index in [4.69, 9.17) is 21.3 Å².